The van der Waals surface area contributed by atoms with E-state index < -0.39 is 11.8 Å². The van der Waals surface area contributed by atoms with Crippen LogP contribution >= 0.6 is 0 Å². The fourth-order valence-corrected chi connectivity index (χ4v) is 4.22. The lowest BCUT2D eigenvalue weighted by atomic mass is 9.95. The number of halogens is 1. The van der Waals surface area contributed by atoms with E-state index in [-0.39, 0.29) is 5.82 Å². The number of ether oxygens (including phenoxy) is 1. The first-order chi connectivity index (χ1) is 14.4. The number of aryl methyl sites for hydroxylation is 2. The van der Waals surface area contributed by atoms with Crippen molar-refractivity contribution in [3.8, 4) is 5.75 Å². The Kier molecular flexibility index (Phi) is 3.83. The average Bonchev–Trinajstić information content (AvgIpc) is 3.32. The topological polar surface area (TPSA) is 65.3 Å². The molecule has 0 saturated heterocycles. The zero-order valence-electron chi connectivity index (χ0n) is 16.6. The van der Waals surface area contributed by atoms with Gasteiger partial charge >= 0.3 is 0 Å². The lowest BCUT2D eigenvalue weighted by molar-refractivity contribution is -0.122. The second-order valence-electron chi connectivity index (χ2n) is 7.39. The van der Waals surface area contributed by atoms with E-state index in [0.29, 0.717) is 38.9 Å². The van der Waals surface area contributed by atoms with Gasteiger partial charge in [0.15, 0.2) is 0 Å². The summed E-state index contributed by atoms with van der Waals surface area (Å²) in [6, 6.07) is 9.98. The number of nitrogens with one attached hydrogen (secondary N) is 1. The van der Waals surface area contributed by atoms with Gasteiger partial charge in [0.25, 0.3) is 11.8 Å². The molecule has 4 aromatic rings. The van der Waals surface area contributed by atoms with E-state index in [2.05, 4.69) is 5.32 Å². The number of fused-ring (bicyclic) bond motifs is 2. The molecule has 150 valence electrons. The Morgan fingerprint density at radius 2 is 1.37 bits per heavy atom. The van der Waals surface area contributed by atoms with Gasteiger partial charge < -0.3 is 13.9 Å². The van der Waals surface area contributed by atoms with Crippen molar-refractivity contribution in [2.45, 2.75) is 0 Å². The van der Waals surface area contributed by atoms with Crippen LogP contribution in [0.5, 0.6) is 5.75 Å². The summed E-state index contributed by atoms with van der Waals surface area (Å²) in [4.78, 5) is 25.7. The summed E-state index contributed by atoms with van der Waals surface area (Å²) in [5, 5.41) is 3.97. The van der Waals surface area contributed by atoms with Crippen LogP contribution in [0.4, 0.5) is 4.39 Å². The molecule has 3 heterocycles. The van der Waals surface area contributed by atoms with Crippen LogP contribution in [0.25, 0.3) is 33.0 Å². The molecule has 0 bridgehead atoms. The largest absolute Gasteiger partial charge is 0.497 e. The lowest BCUT2D eigenvalue weighted by Crippen LogP contribution is -2.22. The van der Waals surface area contributed by atoms with Gasteiger partial charge in [0.1, 0.15) is 11.6 Å². The van der Waals surface area contributed by atoms with Gasteiger partial charge in [0.2, 0.25) is 0 Å². The molecule has 0 aliphatic carbocycles. The summed E-state index contributed by atoms with van der Waals surface area (Å²) >= 11 is 0. The van der Waals surface area contributed by atoms with Gasteiger partial charge in [-0.15, -0.1) is 0 Å². The van der Waals surface area contributed by atoms with Crippen LogP contribution < -0.4 is 10.1 Å². The van der Waals surface area contributed by atoms with Crippen LogP contribution in [0, 0.1) is 5.82 Å². The van der Waals surface area contributed by atoms with Gasteiger partial charge in [-0.05, 0) is 30.3 Å². The molecule has 1 N–H and O–H groups in total. The van der Waals surface area contributed by atoms with Gasteiger partial charge in [-0.3, -0.25) is 14.9 Å². The van der Waals surface area contributed by atoms with Crippen molar-refractivity contribution in [1.29, 1.82) is 0 Å². The molecule has 1 aliphatic rings. The number of rotatable bonds is 3. The van der Waals surface area contributed by atoms with Crippen LogP contribution in [0.3, 0.4) is 0 Å². The van der Waals surface area contributed by atoms with Crippen LogP contribution in [0.15, 0.2) is 48.8 Å². The number of nitrogens with zero attached hydrogens (tertiary/aromatic N) is 2. The zero-order valence-corrected chi connectivity index (χ0v) is 16.6. The predicted octanol–water partition coefficient (Wildman–Crippen LogP) is 3.38. The second kappa shape index (κ2) is 6.32. The first-order valence-corrected chi connectivity index (χ1v) is 9.37. The minimum Gasteiger partial charge on any atom is -0.497 e. The number of methoxy groups -OCH3 is 1. The van der Waals surface area contributed by atoms with Gasteiger partial charge in [-0.2, -0.15) is 0 Å². The number of benzene rings is 2. The van der Waals surface area contributed by atoms with Gasteiger partial charge in [0.05, 0.1) is 29.3 Å². The molecule has 30 heavy (non-hydrogen) atoms. The Morgan fingerprint density at radius 3 is 1.93 bits per heavy atom. The van der Waals surface area contributed by atoms with Gasteiger partial charge in [0, 0.05) is 54.5 Å². The van der Waals surface area contributed by atoms with E-state index in [4.69, 9.17) is 4.74 Å². The summed E-state index contributed by atoms with van der Waals surface area (Å²) in [5.41, 5.74) is 3.38. The smallest absolute Gasteiger partial charge is 0.259 e. The molecule has 2 aromatic carbocycles. The quantitative estimate of drug-likeness (QED) is 0.534. The van der Waals surface area contributed by atoms with E-state index in [0.717, 1.165) is 10.9 Å². The first kappa shape index (κ1) is 18.2. The maximum atomic E-state index is 13.8. The standard InChI is InChI=1S/C23H18FN3O3/c1-26-10-16(14-6-4-12(24)8-18(14)26)20-21(23(29)25-22(20)28)17-11-27(2)19-9-13(30-3)5-7-15(17)19/h4-11H,1-3H3,(H,25,28,29). The molecule has 0 spiro atoms. The van der Waals surface area contributed by atoms with Crippen molar-refractivity contribution in [3.05, 3.63) is 65.7 Å². The highest BCUT2D eigenvalue weighted by Crippen LogP contribution is 2.39. The first-order valence-electron chi connectivity index (χ1n) is 9.37. The third kappa shape index (κ3) is 2.48. The average molecular weight is 403 g/mol. The number of hydrogen-bond acceptors (Lipinski definition) is 3. The molecule has 0 atom stereocenters. The Hall–Kier alpha value is -3.87. The number of amides is 2. The highest BCUT2D eigenvalue weighted by Gasteiger charge is 2.35. The fourth-order valence-electron chi connectivity index (χ4n) is 4.22. The third-order valence-electron chi connectivity index (χ3n) is 5.62. The molecule has 0 radical (unpaired) electrons. The molecule has 0 unspecified atom stereocenters. The van der Waals surface area contributed by atoms with Crippen LogP contribution in [0.2, 0.25) is 0 Å². The normalized spacial score (nSPS) is 14.3. The second-order valence-corrected chi connectivity index (χ2v) is 7.39. The van der Waals surface area contributed by atoms with Gasteiger partial charge in [-0.25, -0.2) is 4.39 Å². The summed E-state index contributed by atoms with van der Waals surface area (Å²) in [6.07, 6.45) is 3.59. The fraction of sp³-hybridized carbons (Fsp3) is 0.130. The monoisotopic (exact) mass is 403 g/mol. The van der Waals surface area contributed by atoms with Crippen molar-refractivity contribution < 1.29 is 18.7 Å². The Bertz CT molecular complexity index is 1420. The van der Waals surface area contributed by atoms with Crippen molar-refractivity contribution in [2.24, 2.45) is 14.1 Å². The molecular weight excluding hydrogens is 385 g/mol. The number of carbonyl (C=O) groups excluding carboxylic acids is 2. The highest BCUT2D eigenvalue weighted by molar-refractivity contribution is 6.50. The molecule has 6 nitrogen and oxygen atoms in total. The SMILES string of the molecule is COc1ccc2c(C3=C(c4cn(C)c5cc(F)ccc45)C(=O)NC3=O)cn(C)c2c1. The molecule has 0 fully saturated rings. The molecule has 2 amide bonds. The Balaban J connectivity index is 1.83. The summed E-state index contributed by atoms with van der Waals surface area (Å²) in [7, 11) is 5.25. The van der Waals surface area contributed by atoms with Crippen LogP contribution in [0.1, 0.15) is 11.1 Å². The van der Waals surface area contributed by atoms with Gasteiger partial charge in [-0.1, -0.05) is 0 Å². The van der Waals surface area contributed by atoms with E-state index in [1.165, 1.54) is 12.1 Å². The summed E-state index contributed by atoms with van der Waals surface area (Å²) < 4.78 is 22.7. The Labute approximate surface area is 171 Å². The maximum absolute atomic E-state index is 13.8. The molecule has 1 aliphatic heterocycles. The molecule has 5 rings (SSSR count). The number of carbonyl (C=O) groups is 2. The molecule has 0 saturated carbocycles. The lowest BCUT2D eigenvalue weighted by Gasteiger charge is -2.04. The Morgan fingerprint density at radius 1 is 0.833 bits per heavy atom. The highest BCUT2D eigenvalue weighted by atomic mass is 19.1. The summed E-state index contributed by atoms with van der Waals surface area (Å²) in [6.45, 7) is 0. The van der Waals surface area contributed by atoms with Crippen molar-refractivity contribution in [2.75, 3.05) is 7.11 Å². The molecule has 2 aromatic heterocycles. The maximum Gasteiger partial charge on any atom is 0.259 e. The van der Waals surface area contributed by atoms with E-state index in [1.807, 2.05) is 36.0 Å². The van der Waals surface area contributed by atoms with Crippen LogP contribution in [-0.4, -0.2) is 28.1 Å². The number of hydrogen-bond donors (Lipinski definition) is 1. The molecule has 7 heteroatoms. The zero-order chi connectivity index (χ0) is 21.2. The minimum atomic E-state index is -0.461. The minimum absolute atomic E-state index is 0.292. The third-order valence-corrected chi connectivity index (χ3v) is 5.62. The van der Waals surface area contributed by atoms with Crippen molar-refractivity contribution >= 4 is 44.8 Å². The van der Waals surface area contributed by atoms with Crippen molar-refractivity contribution in [1.82, 2.24) is 14.5 Å². The van der Waals surface area contributed by atoms with E-state index in [9.17, 15) is 14.0 Å². The summed E-state index contributed by atoms with van der Waals surface area (Å²) in [5.74, 6) is -0.568. The predicted molar refractivity (Wildman–Crippen MR) is 112 cm³/mol. The van der Waals surface area contributed by atoms with E-state index >= 15 is 0 Å². The number of imide groups is 1. The van der Waals surface area contributed by atoms with E-state index in [1.54, 1.807) is 31.0 Å². The van der Waals surface area contributed by atoms with Crippen molar-refractivity contribution in [3.63, 3.8) is 0 Å². The number of aromatic nitrogens is 2. The molecular formula is C23H18FN3O3. The van der Waals surface area contributed by atoms with Crippen LogP contribution in [-0.2, 0) is 23.7 Å².